The average Bonchev–Trinajstić information content (AvgIpc) is 3.24. The third-order valence-electron chi connectivity index (χ3n) is 5.54. The Bertz CT molecular complexity index is 1230. The van der Waals surface area contributed by atoms with Crippen molar-refractivity contribution in [3.8, 4) is 0 Å². The number of amides is 2. The van der Waals surface area contributed by atoms with Gasteiger partial charge in [0.2, 0.25) is 5.91 Å². The largest absolute Gasteiger partial charge is 0.462 e. The van der Waals surface area contributed by atoms with E-state index in [1.54, 1.807) is 24.0 Å². The Hall–Kier alpha value is -4.20. The van der Waals surface area contributed by atoms with Crippen molar-refractivity contribution >= 4 is 45.9 Å². The van der Waals surface area contributed by atoms with Crippen LogP contribution in [-0.2, 0) is 23.9 Å². The van der Waals surface area contributed by atoms with E-state index in [9.17, 15) is 19.2 Å². The zero-order chi connectivity index (χ0) is 24.1. The summed E-state index contributed by atoms with van der Waals surface area (Å²) in [4.78, 5) is 50.6. The summed E-state index contributed by atoms with van der Waals surface area (Å²) in [5.74, 6) is -2.37. The smallest absolute Gasteiger partial charge is 0.338 e. The first-order valence-electron chi connectivity index (χ1n) is 11.0. The molecule has 0 aromatic heterocycles. The van der Waals surface area contributed by atoms with E-state index < -0.39 is 30.4 Å². The summed E-state index contributed by atoms with van der Waals surface area (Å²) < 4.78 is 10.1. The van der Waals surface area contributed by atoms with Crippen molar-refractivity contribution in [3.05, 3.63) is 72.3 Å². The molecule has 0 bridgehead atoms. The van der Waals surface area contributed by atoms with Crippen LogP contribution in [0.1, 0.15) is 23.7 Å². The van der Waals surface area contributed by atoms with Crippen LogP contribution < -0.4 is 10.2 Å². The lowest BCUT2D eigenvalue weighted by Crippen LogP contribution is -2.28. The molecule has 1 saturated heterocycles. The number of hydrogen-bond donors (Lipinski definition) is 1. The second-order valence-corrected chi connectivity index (χ2v) is 7.86. The molecule has 0 aliphatic carbocycles. The second-order valence-electron chi connectivity index (χ2n) is 7.86. The van der Waals surface area contributed by atoms with Crippen molar-refractivity contribution in [1.82, 2.24) is 0 Å². The van der Waals surface area contributed by atoms with Gasteiger partial charge in [0.1, 0.15) is 0 Å². The fourth-order valence-corrected chi connectivity index (χ4v) is 3.90. The van der Waals surface area contributed by atoms with Crippen LogP contribution in [-0.4, -0.2) is 43.5 Å². The van der Waals surface area contributed by atoms with Gasteiger partial charge in [-0.2, -0.15) is 0 Å². The highest BCUT2D eigenvalue weighted by Gasteiger charge is 2.36. The first-order valence-corrected chi connectivity index (χ1v) is 11.0. The molecule has 1 atom stereocenters. The Morgan fingerprint density at radius 3 is 2.47 bits per heavy atom. The normalized spacial score (nSPS) is 15.3. The topological polar surface area (TPSA) is 102 Å². The number of anilines is 2. The number of nitrogens with zero attached hydrogens (tertiary/aromatic N) is 1. The second kappa shape index (κ2) is 10.2. The van der Waals surface area contributed by atoms with E-state index in [4.69, 9.17) is 9.47 Å². The first-order chi connectivity index (χ1) is 16.5. The summed E-state index contributed by atoms with van der Waals surface area (Å²) in [7, 11) is 0. The van der Waals surface area contributed by atoms with Crippen molar-refractivity contribution in [2.75, 3.05) is 30.0 Å². The van der Waals surface area contributed by atoms with E-state index in [0.717, 1.165) is 16.5 Å². The molecule has 0 radical (unpaired) electrons. The monoisotopic (exact) mass is 460 g/mol. The Balaban J connectivity index is 1.31. The molecule has 8 nitrogen and oxygen atoms in total. The summed E-state index contributed by atoms with van der Waals surface area (Å²) in [6, 6.07) is 19.6. The highest BCUT2D eigenvalue weighted by Crippen LogP contribution is 2.32. The molecule has 4 rings (SSSR count). The minimum atomic E-state index is -0.650. The van der Waals surface area contributed by atoms with Gasteiger partial charge in [-0.15, -0.1) is 0 Å². The van der Waals surface area contributed by atoms with Gasteiger partial charge in [-0.05, 0) is 42.6 Å². The third kappa shape index (κ3) is 5.06. The van der Waals surface area contributed by atoms with E-state index in [0.29, 0.717) is 11.3 Å². The van der Waals surface area contributed by atoms with Crippen molar-refractivity contribution in [1.29, 1.82) is 0 Å². The zero-order valence-electron chi connectivity index (χ0n) is 18.7. The van der Waals surface area contributed by atoms with Crippen LogP contribution in [0.5, 0.6) is 0 Å². The zero-order valence-corrected chi connectivity index (χ0v) is 18.7. The van der Waals surface area contributed by atoms with Crippen molar-refractivity contribution < 1.29 is 28.7 Å². The summed E-state index contributed by atoms with van der Waals surface area (Å²) >= 11 is 0. The molecule has 2 amide bonds. The van der Waals surface area contributed by atoms with Crippen molar-refractivity contribution in [2.24, 2.45) is 5.92 Å². The van der Waals surface area contributed by atoms with E-state index in [-0.39, 0.29) is 25.5 Å². The maximum absolute atomic E-state index is 12.6. The van der Waals surface area contributed by atoms with Crippen molar-refractivity contribution in [3.63, 3.8) is 0 Å². The molecule has 3 aromatic carbocycles. The predicted molar refractivity (Wildman–Crippen MR) is 126 cm³/mol. The maximum Gasteiger partial charge on any atom is 0.338 e. The first kappa shape index (κ1) is 23.0. The molecule has 0 spiro atoms. The minimum absolute atomic E-state index is 0.0268. The lowest BCUT2D eigenvalue weighted by atomic mass is 10.1. The molecular formula is C26H24N2O6. The number of esters is 2. The number of nitrogens with one attached hydrogen (secondary N) is 1. The summed E-state index contributed by atoms with van der Waals surface area (Å²) in [5.41, 5.74) is 1.57. The summed E-state index contributed by atoms with van der Waals surface area (Å²) in [5, 5.41) is 4.54. The van der Waals surface area contributed by atoms with Crippen LogP contribution in [0.2, 0.25) is 0 Å². The molecule has 3 aromatic rings. The molecule has 1 aliphatic heterocycles. The van der Waals surface area contributed by atoms with Gasteiger partial charge in [0.25, 0.3) is 5.91 Å². The van der Waals surface area contributed by atoms with Gasteiger partial charge in [0.05, 0.1) is 23.8 Å². The SMILES string of the molecule is CCOC(=O)c1ccc(NC(=O)COC(=O)[C@@H]2CC(=O)N(c3cccc4ccccc34)C2)cc1. The van der Waals surface area contributed by atoms with Gasteiger partial charge < -0.3 is 19.7 Å². The molecule has 1 aliphatic rings. The molecule has 1 N–H and O–H groups in total. The average molecular weight is 460 g/mol. The van der Waals surface area contributed by atoms with E-state index in [2.05, 4.69) is 5.32 Å². The fraction of sp³-hybridized carbons (Fsp3) is 0.231. The number of ether oxygens (including phenoxy) is 2. The lowest BCUT2D eigenvalue weighted by Gasteiger charge is -2.18. The molecule has 0 saturated carbocycles. The molecule has 174 valence electrons. The standard InChI is InChI=1S/C26H24N2O6/c1-2-33-25(31)18-10-12-20(13-11-18)27-23(29)16-34-26(32)19-14-24(30)28(15-19)22-9-5-7-17-6-3-4-8-21(17)22/h3-13,19H,2,14-16H2,1H3,(H,27,29)/t19-/m1/s1. The third-order valence-corrected chi connectivity index (χ3v) is 5.54. The van der Waals surface area contributed by atoms with Gasteiger partial charge in [-0.3, -0.25) is 14.4 Å². The molecule has 0 unspecified atom stereocenters. The number of carbonyl (C=O) groups excluding carboxylic acids is 4. The molecule has 1 heterocycles. The van der Waals surface area contributed by atoms with Gasteiger partial charge >= 0.3 is 11.9 Å². The van der Waals surface area contributed by atoms with Crippen LogP contribution in [0.25, 0.3) is 10.8 Å². The Kier molecular flexibility index (Phi) is 6.87. The summed E-state index contributed by atoms with van der Waals surface area (Å²) in [6.45, 7) is 1.71. The maximum atomic E-state index is 12.6. The van der Waals surface area contributed by atoms with Gasteiger partial charge in [-0.1, -0.05) is 36.4 Å². The van der Waals surface area contributed by atoms with E-state index >= 15 is 0 Å². The van der Waals surface area contributed by atoms with Crippen LogP contribution in [0, 0.1) is 5.92 Å². The van der Waals surface area contributed by atoms with Crippen LogP contribution in [0.4, 0.5) is 11.4 Å². The van der Waals surface area contributed by atoms with Crippen LogP contribution >= 0.6 is 0 Å². The van der Waals surface area contributed by atoms with Gasteiger partial charge in [-0.25, -0.2) is 4.79 Å². The number of carbonyl (C=O) groups is 4. The Morgan fingerprint density at radius 2 is 1.71 bits per heavy atom. The summed E-state index contributed by atoms with van der Waals surface area (Å²) in [6.07, 6.45) is 0.0268. The Morgan fingerprint density at radius 1 is 0.971 bits per heavy atom. The highest BCUT2D eigenvalue weighted by molar-refractivity contribution is 6.06. The molecule has 1 fully saturated rings. The predicted octanol–water partition coefficient (Wildman–Crippen LogP) is 3.55. The highest BCUT2D eigenvalue weighted by atomic mass is 16.5. The lowest BCUT2D eigenvalue weighted by molar-refractivity contribution is -0.151. The number of benzene rings is 3. The molecule has 8 heteroatoms. The molecular weight excluding hydrogens is 436 g/mol. The van der Waals surface area contributed by atoms with Gasteiger partial charge in [0.15, 0.2) is 6.61 Å². The minimum Gasteiger partial charge on any atom is -0.462 e. The molecule has 34 heavy (non-hydrogen) atoms. The van der Waals surface area contributed by atoms with Crippen molar-refractivity contribution in [2.45, 2.75) is 13.3 Å². The van der Waals surface area contributed by atoms with Gasteiger partial charge in [0, 0.05) is 24.0 Å². The quantitative estimate of drug-likeness (QED) is 0.541. The van der Waals surface area contributed by atoms with Crippen LogP contribution in [0.3, 0.4) is 0 Å². The fourth-order valence-electron chi connectivity index (χ4n) is 3.90. The van der Waals surface area contributed by atoms with E-state index in [1.807, 2.05) is 42.5 Å². The number of fused-ring (bicyclic) bond motifs is 1. The Labute approximate surface area is 196 Å². The number of hydrogen-bond acceptors (Lipinski definition) is 6. The van der Waals surface area contributed by atoms with E-state index in [1.165, 1.54) is 12.1 Å². The van der Waals surface area contributed by atoms with Crippen LogP contribution in [0.15, 0.2) is 66.7 Å². The number of rotatable bonds is 7.